The average molecular weight is 899 g/mol. The molecule has 0 bridgehead atoms. The molecule has 10 aromatic rings. The van der Waals surface area contributed by atoms with E-state index in [1.807, 2.05) is 0 Å². The van der Waals surface area contributed by atoms with Crippen LogP contribution in [0, 0.1) is 11.8 Å². The number of rotatable bonds is 8. The van der Waals surface area contributed by atoms with E-state index in [0.717, 1.165) is 12.8 Å². The van der Waals surface area contributed by atoms with Crippen molar-refractivity contribution in [1.29, 1.82) is 0 Å². The van der Waals surface area contributed by atoms with Crippen molar-refractivity contribution in [2.75, 3.05) is 9.80 Å². The zero-order valence-electron chi connectivity index (χ0n) is 39.8. The fourth-order valence-electron chi connectivity index (χ4n) is 14.1. The van der Waals surface area contributed by atoms with E-state index < -0.39 is 0 Å². The van der Waals surface area contributed by atoms with Gasteiger partial charge in [-0.2, -0.15) is 0 Å². The summed E-state index contributed by atoms with van der Waals surface area (Å²) in [7, 11) is 0. The minimum Gasteiger partial charge on any atom is -0.310 e. The SMILES string of the molecule is CC1(C)c2cc(N(c3ccccc3)c3cccc4c3C35c6c(cccc6N(c6ccccc6)c6ccc7ccccc7c6-c6ccccc6)CC3CCC5C4)ccc2-c2c(-c3ccccc3)cccc21. The fourth-order valence-corrected chi connectivity index (χ4v) is 14.1. The van der Waals surface area contributed by atoms with E-state index in [2.05, 4.69) is 254 Å². The molecule has 4 aliphatic rings. The molecule has 14 rings (SSSR count). The first-order chi connectivity index (χ1) is 34.5. The average Bonchev–Trinajstić information content (AvgIpc) is 4.11. The maximum absolute atomic E-state index is 2.62. The van der Waals surface area contributed by atoms with Gasteiger partial charge in [-0.15, -0.1) is 0 Å². The van der Waals surface area contributed by atoms with Gasteiger partial charge >= 0.3 is 0 Å². The van der Waals surface area contributed by atoms with Crippen molar-refractivity contribution in [3.8, 4) is 33.4 Å². The van der Waals surface area contributed by atoms with Crippen LogP contribution < -0.4 is 9.80 Å². The number of hydrogen-bond acceptors (Lipinski definition) is 2. The van der Waals surface area contributed by atoms with Crippen LogP contribution in [-0.4, -0.2) is 0 Å². The van der Waals surface area contributed by atoms with Crippen molar-refractivity contribution in [1.82, 2.24) is 0 Å². The molecule has 1 saturated carbocycles. The Bertz CT molecular complexity index is 3640. The molecule has 2 nitrogen and oxygen atoms in total. The number of nitrogens with zero attached hydrogens (tertiary/aromatic N) is 2. The predicted octanol–water partition coefficient (Wildman–Crippen LogP) is 17.8. The van der Waals surface area contributed by atoms with Gasteiger partial charge in [0, 0.05) is 33.5 Å². The minimum atomic E-state index is -0.186. The number of anilines is 6. The van der Waals surface area contributed by atoms with Crippen LogP contribution in [0.3, 0.4) is 0 Å². The van der Waals surface area contributed by atoms with Crippen LogP contribution in [0.1, 0.15) is 60.1 Å². The maximum Gasteiger partial charge on any atom is 0.0546 e. The van der Waals surface area contributed by atoms with Crippen LogP contribution >= 0.6 is 0 Å². The largest absolute Gasteiger partial charge is 0.310 e. The van der Waals surface area contributed by atoms with Gasteiger partial charge in [0.25, 0.3) is 0 Å². The number of para-hydroxylation sites is 2. The molecule has 0 aliphatic heterocycles. The van der Waals surface area contributed by atoms with Crippen molar-refractivity contribution >= 4 is 44.9 Å². The highest BCUT2D eigenvalue weighted by molar-refractivity contribution is 6.06. The summed E-state index contributed by atoms with van der Waals surface area (Å²) in [5.74, 6) is 0.975. The Morgan fingerprint density at radius 3 is 1.60 bits per heavy atom. The Hall–Kier alpha value is -7.94. The second-order valence-electron chi connectivity index (χ2n) is 20.7. The van der Waals surface area contributed by atoms with E-state index >= 15 is 0 Å². The van der Waals surface area contributed by atoms with E-state index in [-0.39, 0.29) is 10.8 Å². The van der Waals surface area contributed by atoms with E-state index in [1.54, 1.807) is 0 Å². The van der Waals surface area contributed by atoms with Gasteiger partial charge in [0.2, 0.25) is 0 Å². The lowest BCUT2D eigenvalue weighted by molar-refractivity contribution is 0.350. The highest BCUT2D eigenvalue weighted by Gasteiger charge is 2.62. The lowest BCUT2D eigenvalue weighted by atomic mass is 9.68. The van der Waals surface area contributed by atoms with Gasteiger partial charge in [-0.25, -0.2) is 0 Å². The van der Waals surface area contributed by atoms with E-state index in [9.17, 15) is 0 Å². The Balaban J connectivity index is 0.999. The van der Waals surface area contributed by atoms with Gasteiger partial charge in [-0.3, -0.25) is 0 Å². The fraction of sp³-hybridized carbons (Fsp3) is 0.147. The van der Waals surface area contributed by atoms with Crippen LogP contribution in [-0.2, 0) is 23.7 Å². The predicted molar refractivity (Wildman–Crippen MR) is 293 cm³/mol. The van der Waals surface area contributed by atoms with E-state index in [0.29, 0.717) is 11.8 Å². The molecule has 3 unspecified atom stereocenters. The molecular weight excluding hydrogens is 845 g/mol. The molecule has 70 heavy (non-hydrogen) atoms. The van der Waals surface area contributed by atoms with E-state index in [4.69, 9.17) is 0 Å². The highest BCUT2D eigenvalue weighted by Crippen LogP contribution is 2.69. The zero-order chi connectivity index (χ0) is 46.6. The zero-order valence-corrected chi connectivity index (χ0v) is 39.8. The van der Waals surface area contributed by atoms with E-state index in [1.165, 1.54) is 124 Å². The van der Waals surface area contributed by atoms with Crippen molar-refractivity contribution < 1.29 is 0 Å². The molecule has 0 heterocycles. The van der Waals surface area contributed by atoms with Gasteiger partial charge < -0.3 is 9.80 Å². The standard InChI is InChI=1S/C68H54N2/c1-67(2)58-33-19-32-56(45-20-7-3-8-21-45)64(58)57-40-39-54(44-59(57)67)69(52-27-11-5-12-28-52)61-34-17-25-48-42-50-37-38-51-43-49-26-18-35-62(66(49)68(50,51)65(48)61)70(53-29-13-6-14-30-53)60-41-36-46-22-15-16-31-55(46)63(60)47-23-9-4-10-24-47/h3-36,39-41,44,50-51H,37-38,42-43H2,1-2H3. The first kappa shape index (κ1) is 41.1. The summed E-state index contributed by atoms with van der Waals surface area (Å²) in [4.78, 5) is 5.24. The van der Waals surface area contributed by atoms with Gasteiger partial charge in [0.05, 0.1) is 17.1 Å². The second-order valence-corrected chi connectivity index (χ2v) is 20.7. The summed E-state index contributed by atoms with van der Waals surface area (Å²) < 4.78 is 0. The molecule has 0 saturated heterocycles. The third kappa shape index (κ3) is 5.92. The number of hydrogen-bond donors (Lipinski definition) is 0. The Morgan fingerprint density at radius 1 is 0.386 bits per heavy atom. The quantitative estimate of drug-likeness (QED) is 0.150. The molecule has 0 radical (unpaired) electrons. The molecule has 10 aromatic carbocycles. The van der Waals surface area contributed by atoms with Crippen molar-refractivity contribution in [3.63, 3.8) is 0 Å². The molecule has 0 aromatic heterocycles. The Labute approximate surface area is 412 Å². The molecule has 4 aliphatic carbocycles. The van der Waals surface area contributed by atoms with Crippen LogP contribution in [0.5, 0.6) is 0 Å². The lowest BCUT2D eigenvalue weighted by Crippen LogP contribution is -2.34. The number of fused-ring (bicyclic) bond motifs is 6. The molecule has 0 N–H and O–H groups in total. The first-order valence-electron chi connectivity index (χ1n) is 25.4. The first-order valence-corrected chi connectivity index (χ1v) is 25.4. The molecule has 1 spiro atoms. The molecule has 336 valence electrons. The Morgan fingerprint density at radius 2 is 0.943 bits per heavy atom. The molecule has 2 heteroatoms. The molecular formula is C68H54N2. The van der Waals surface area contributed by atoms with Gasteiger partial charge in [-0.05, 0) is 164 Å². The normalized spacial score (nSPS) is 18.7. The van der Waals surface area contributed by atoms with Crippen LogP contribution in [0.4, 0.5) is 34.1 Å². The number of benzene rings is 10. The minimum absolute atomic E-state index is 0.182. The van der Waals surface area contributed by atoms with Crippen molar-refractivity contribution in [2.24, 2.45) is 11.8 Å². The van der Waals surface area contributed by atoms with Crippen LogP contribution in [0.25, 0.3) is 44.2 Å². The summed E-state index contributed by atoms with van der Waals surface area (Å²) in [6.45, 7) is 4.84. The third-order valence-electron chi connectivity index (χ3n) is 16.9. The monoisotopic (exact) mass is 898 g/mol. The molecule has 1 fully saturated rings. The summed E-state index contributed by atoms with van der Waals surface area (Å²) in [5, 5.41) is 2.51. The summed E-state index contributed by atoms with van der Waals surface area (Å²) in [6, 6.07) is 86.7. The smallest absolute Gasteiger partial charge is 0.0546 e. The second kappa shape index (κ2) is 15.8. The summed E-state index contributed by atoms with van der Waals surface area (Å²) in [6.07, 6.45) is 4.62. The summed E-state index contributed by atoms with van der Waals surface area (Å²) >= 11 is 0. The highest BCUT2D eigenvalue weighted by atomic mass is 15.2. The lowest BCUT2D eigenvalue weighted by Gasteiger charge is -2.40. The van der Waals surface area contributed by atoms with Gasteiger partial charge in [0.1, 0.15) is 0 Å². The van der Waals surface area contributed by atoms with Crippen LogP contribution in [0.15, 0.2) is 231 Å². The maximum atomic E-state index is 2.62. The van der Waals surface area contributed by atoms with Crippen LogP contribution in [0.2, 0.25) is 0 Å². The third-order valence-corrected chi connectivity index (χ3v) is 16.9. The van der Waals surface area contributed by atoms with Gasteiger partial charge in [0.15, 0.2) is 0 Å². The topological polar surface area (TPSA) is 6.48 Å². The van der Waals surface area contributed by atoms with Crippen molar-refractivity contribution in [3.05, 3.63) is 264 Å². The van der Waals surface area contributed by atoms with Crippen molar-refractivity contribution in [2.45, 2.75) is 50.4 Å². The molecule has 0 amide bonds. The van der Waals surface area contributed by atoms with Gasteiger partial charge in [-0.1, -0.05) is 190 Å². The molecule has 3 atom stereocenters. The summed E-state index contributed by atoms with van der Waals surface area (Å²) in [5.41, 5.74) is 23.6. The Kier molecular flexibility index (Phi) is 9.27.